The molecule has 2 aromatic rings. The lowest BCUT2D eigenvalue weighted by atomic mass is 10.2. The number of ether oxygens (including phenoxy) is 2. The molecule has 148 valence electrons. The molecule has 1 saturated heterocycles. The van der Waals surface area contributed by atoms with Crippen molar-refractivity contribution in [3.63, 3.8) is 0 Å². The van der Waals surface area contributed by atoms with Crippen LogP contribution in [0, 0.1) is 0 Å². The molecule has 0 saturated carbocycles. The van der Waals surface area contributed by atoms with E-state index in [1.165, 1.54) is 0 Å². The van der Waals surface area contributed by atoms with Crippen LogP contribution in [0.5, 0.6) is 5.75 Å². The maximum atomic E-state index is 11.9. The molecule has 1 aromatic carbocycles. The number of aromatic nitrogens is 2. The number of rotatable bonds is 9. The normalized spacial score (nSPS) is 16.0. The summed E-state index contributed by atoms with van der Waals surface area (Å²) in [6, 6.07) is 7.61. The third-order valence-corrected chi connectivity index (χ3v) is 4.16. The van der Waals surface area contributed by atoms with Crippen LogP contribution in [-0.2, 0) is 29.2 Å². The Morgan fingerprint density at radius 3 is 3.07 bits per heavy atom. The first-order valence-electron chi connectivity index (χ1n) is 8.78. The van der Waals surface area contributed by atoms with E-state index in [1.807, 2.05) is 24.3 Å². The Balaban J connectivity index is 0.00000261. The van der Waals surface area contributed by atoms with Gasteiger partial charge in [-0.2, -0.15) is 4.98 Å². The molecule has 1 aromatic heterocycles. The fraction of sp³-hybridized carbons (Fsp3) is 0.500. The number of hydrogen-bond acceptors (Lipinski definition) is 7. The van der Waals surface area contributed by atoms with E-state index >= 15 is 0 Å². The van der Waals surface area contributed by atoms with Crippen LogP contribution in [0.4, 0.5) is 0 Å². The summed E-state index contributed by atoms with van der Waals surface area (Å²) in [5.74, 6) is 1.81. The van der Waals surface area contributed by atoms with E-state index in [9.17, 15) is 4.79 Å². The lowest BCUT2D eigenvalue weighted by Gasteiger charge is -2.09. The fourth-order valence-electron chi connectivity index (χ4n) is 2.80. The van der Waals surface area contributed by atoms with Crippen LogP contribution in [0.2, 0.25) is 0 Å². The molecule has 1 aliphatic rings. The topological polar surface area (TPSA) is 98.5 Å². The quantitative estimate of drug-likeness (QED) is 0.664. The second-order valence-corrected chi connectivity index (χ2v) is 6.14. The molecule has 0 aliphatic carbocycles. The van der Waals surface area contributed by atoms with Gasteiger partial charge in [-0.25, -0.2) is 0 Å². The summed E-state index contributed by atoms with van der Waals surface area (Å²) < 4.78 is 16.0. The van der Waals surface area contributed by atoms with Gasteiger partial charge >= 0.3 is 0 Å². The predicted molar refractivity (Wildman–Crippen MR) is 101 cm³/mol. The third-order valence-electron chi connectivity index (χ3n) is 4.16. The Labute approximate surface area is 164 Å². The Hall–Kier alpha value is -2.16. The number of hydrogen-bond donors (Lipinski definition) is 2. The average Bonchev–Trinajstić information content (AvgIpc) is 3.34. The zero-order chi connectivity index (χ0) is 18.2. The van der Waals surface area contributed by atoms with Gasteiger partial charge in [0.25, 0.3) is 0 Å². The van der Waals surface area contributed by atoms with Gasteiger partial charge in [-0.15, -0.1) is 12.4 Å². The minimum atomic E-state index is -0.0711. The van der Waals surface area contributed by atoms with E-state index in [2.05, 4.69) is 20.8 Å². The van der Waals surface area contributed by atoms with Crippen LogP contribution >= 0.6 is 12.4 Å². The smallest absolute Gasteiger partial charge is 0.237 e. The molecule has 1 aliphatic heterocycles. The Morgan fingerprint density at radius 2 is 2.30 bits per heavy atom. The van der Waals surface area contributed by atoms with Gasteiger partial charge in [0.2, 0.25) is 11.8 Å². The highest BCUT2D eigenvalue weighted by molar-refractivity contribution is 5.85. The monoisotopic (exact) mass is 396 g/mol. The van der Waals surface area contributed by atoms with Crippen molar-refractivity contribution in [2.45, 2.75) is 38.5 Å². The van der Waals surface area contributed by atoms with E-state index in [1.54, 1.807) is 7.11 Å². The zero-order valence-corrected chi connectivity index (χ0v) is 16.1. The van der Waals surface area contributed by atoms with Crippen molar-refractivity contribution in [3.05, 3.63) is 41.5 Å². The summed E-state index contributed by atoms with van der Waals surface area (Å²) in [7, 11) is 1.63. The summed E-state index contributed by atoms with van der Waals surface area (Å²) in [5, 5.41) is 9.95. The van der Waals surface area contributed by atoms with Crippen LogP contribution in [0.1, 0.15) is 30.1 Å². The Kier molecular flexibility index (Phi) is 8.50. The Morgan fingerprint density at radius 1 is 1.41 bits per heavy atom. The second-order valence-electron chi connectivity index (χ2n) is 6.14. The zero-order valence-electron chi connectivity index (χ0n) is 15.3. The number of carbonyl (C=O) groups is 1. The van der Waals surface area contributed by atoms with Crippen molar-refractivity contribution in [2.24, 2.45) is 0 Å². The van der Waals surface area contributed by atoms with Gasteiger partial charge in [-0.3, -0.25) is 4.79 Å². The molecule has 2 N–H and O–H groups in total. The molecule has 1 atom stereocenters. The molecule has 0 spiro atoms. The van der Waals surface area contributed by atoms with Gasteiger partial charge in [0, 0.05) is 13.0 Å². The molecule has 0 bridgehead atoms. The van der Waals surface area contributed by atoms with Crippen molar-refractivity contribution >= 4 is 18.3 Å². The molecule has 1 fully saturated rings. The van der Waals surface area contributed by atoms with Gasteiger partial charge in [-0.05, 0) is 37.1 Å². The highest BCUT2D eigenvalue weighted by Crippen LogP contribution is 2.13. The highest BCUT2D eigenvalue weighted by atomic mass is 35.5. The minimum Gasteiger partial charge on any atom is -0.497 e. The van der Waals surface area contributed by atoms with E-state index in [4.69, 9.17) is 14.0 Å². The molecule has 9 heteroatoms. The molecule has 27 heavy (non-hydrogen) atoms. The maximum absolute atomic E-state index is 11.9. The van der Waals surface area contributed by atoms with E-state index < -0.39 is 0 Å². The second kappa shape index (κ2) is 10.9. The van der Waals surface area contributed by atoms with Gasteiger partial charge in [0.1, 0.15) is 12.4 Å². The molecule has 3 rings (SSSR count). The summed E-state index contributed by atoms with van der Waals surface area (Å²) in [4.78, 5) is 16.2. The first kappa shape index (κ1) is 21.1. The number of nitrogens with zero attached hydrogens (tertiary/aromatic N) is 2. The highest BCUT2D eigenvalue weighted by Gasteiger charge is 2.21. The van der Waals surface area contributed by atoms with Crippen LogP contribution in [0.15, 0.2) is 28.8 Å². The van der Waals surface area contributed by atoms with Crippen molar-refractivity contribution in [1.29, 1.82) is 0 Å². The van der Waals surface area contributed by atoms with Crippen molar-refractivity contribution in [2.75, 3.05) is 20.2 Å². The van der Waals surface area contributed by atoms with Crippen LogP contribution in [0.25, 0.3) is 0 Å². The molecular formula is C18H25ClN4O4. The molecule has 0 radical (unpaired) electrons. The lowest BCUT2D eigenvalue weighted by Crippen LogP contribution is -2.41. The lowest BCUT2D eigenvalue weighted by molar-refractivity contribution is -0.122. The molecule has 1 amide bonds. The summed E-state index contributed by atoms with van der Waals surface area (Å²) >= 11 is 0. The largest absolute Gasteiger partial charge is 0.497 e. The summed E-state index contributed by atoms with van der Waals surface area (Å²) in [5.41, 5.74) is 1.01. The van der Waals surface area contributed by atoms with Crippen molar-refractivity contribution in [1.82, 2.24) is 20.8 Å². The van der Waals surface area contributed by atoms with Crippen LogP contribution < -0.4 is 15.4 Å². The number of methoxy groups -OCH3 is 1. The van der Waals surface area contributed by atoms with Gasteiger partial charge in [-0.1, -0.05) is 17.3 Å². The summed E-state index contributed by atoms with van der Waals surface area (Å²) in [6.45, 7) is 2.08. The van der Waals surface area contributed by atoms with Crippen LogP contribution in [0.3, 0.4) is 0 Å². The third kappa shape index (κ3) is 6.50. The van der Waals surface area contributed by atoms with Crippen molar-refractivity contribution in [3.8, 4) is 5.75 Å². The number of nitrogens with one attached hydrogen (secondary N) is 2. The van der Waals surface area contributed by atoms with Gasteiger partial charge in [0.15, 0.2) is 5.82 Å². The van der Waals surface area contributed by atoms with E-state index in [0.717, 1.165) is 30.7 Å². The number of carbonyl (C=O) groups excluding carboxylic acids is 1. The SMILES string of the molecule is COc1cccc(COCc2noc(CCNC(=O)C3CCCN3)n2)c1.Cl. The standard InChI is InChI=1S/C18H24N4O4.ClH/c1-24-14-5-2-4-13(10-14)11-25-12-16-21-17(26-22-16)7-9-20-18(23)15-6-3-8-19-15;/h2,4-5,10,15,19H,3,6-9,11-12H2,1H3,(H,20,23);1H. The van der Waals surface area contributed by atoms with Gasteiger partial charge < -0.3 is 24.6 Å². The van der Waals surface area contributed by atoms with Gasteiger partial charge in [0.05, 0.1) is 19.8 Å². The maximum Gasteiger partial charge on any atom is 0.237 e. The van der Waals surface area contributed by atoms with Crippen molar-refractivity contribution < 1.29 is 18.8 Å². The Bertz CT molecular complexity index is 719. The number of halogens is 1. The summed E-state index contributed by atoms with van der Waals surface area (Å²) in [6.07, 6.45) is 2.43. The van der Waals surface area contributed by atoms with Crippen LogP contribution in [-0.4, -0.2) is 42.3 Å². The van der Waals surface area contributed by atoms with E-state index in [0.29, 0.717) is 31.3 Å². The number of amides is 1. The molecule has 2 heterocycles. The minimum absolute atomic E-state index is 0. The first-order valence-corrected chi connectivity index (χ1v) is 8.78. The first-order chi connectivity index (χ1) is 12.7. The number of benzene rings is 1. The predicted octanol–water partition coefficient (Wildman–Crippen LogP) is 1.63. The molecule has 1 unspecified atom stereocenters. The molecule has 8 nitrogen and oxygen atoms in total. The molecular weight excluding hydrogens is 372 g/mol. The average molecular weight is 397 g/mol. The van der Waals surface area contributed by atoms with E-state index in [-0.39, 0.29) is 31.0 Å². The fourth-order valence-corrected chi connectivity index (χ4v) is 2.80.